The summed E-state index contributed by atoms with van der Waals surface area (Å²) in [6.45, 7) is -0.0293. The van der Waals surface area contributed by atoms with Gasteiger partial charge < -0.3 is 10.3 Å². The smallest absolute Gasteiger partial charge is 0.399 e. The van der Waals surface area contributed by atoms with Crippen LogP contribution in [0.1, 0.15) is 11.3 Å². The lowest BCUT2D eigenvalue weighted by Crippen LogP contribution is -2.27. The van der Waals surface area contributed by atoms with Crippen LogP contribution in [0.3, 0.4) is 0 Å². The summed E-state index contributed by atoms with van der Waals surface area (Å²) in [6, 6.07) is 9.96. The number of hydrogen-bond acceptors (Lipinski definition) is 2. The zero-order chi connectivity index (χ0) is 14.8. The molecule has 3 nitrogen and oxygen atoms in total. The largest absolute Gasteiger partial charge is 0.431 e. The highest BCUT2D eigenvalue weighted by atomic mass is 19.4. The van der Waals surface area contributed by atoms with Crippen LogP contribution in [-0.2, 0) is 19.1 Å². The van der Waals surface area contributed by atoms with Gasteiger partial charge in [-0.05, 0) is 30.2 Å². The Labute approximate surface area is 113 Å². The summed E-state index contributed by atoms with van der Waals surface area (Å²) in [6.07, 6.45) is -4.21. The molecule has 0 bridgehead atoms. The van der Waals surface area contributed by atoms with Crippen molar-refractivity contribution in [1.82, 2.24) is 4.57 Å². The standard InChI is InChI=1S/C14H13F3N2O/c15-14(16,17)12-2-1-3-13(20)19(12)9-8-10-4-6-11(18)7-5-10/h1-7H,8-9,18H2. The fourth-order valence-electron chi connectivity index (χ4n) is 1.92. The van der Waals surface area contributed by atoms with E-state index in [2.05, 4.69) is 0 Å². The highest BCUT2D eigenvalue weighted by molar-refractivity contribution is 5.39. The maximum atomic E-state index is 12.8. The van der Waals surface area contributed by atoms with Crippen molar-refractivity contribution in [2.24, 2.45) is 0 Å². The summed E-state index contributed by atoms with van der Waals surface area (Å²) >= 11 is 0. The van der Waals surface area contributed by atoms with Crippen molar-refractivity contribution in [1.29, 1.82) is 0 Å². The van der Waals surface area contributed by atoms with Crippen LogP contribution in [0.5, 0.6) is 0 Å². The Morgan fingerprint density at radius 3 is 2.30 bits per heavy atom. The second kappa shape index (κ2) is 5.40. The van der Waals surface area contributed by atoms with Crippen molar-refractivity contribution in [3.05, 3.63) is 64.1 Å². The first-order chi connectivity index (χ1) is 9.38. The predicted octanol–water partition coefficient (Wildman–Crippen LogP) is 2.69. The third kappa shape index (κ3) is 3.20. The number of alkyl halides is 3. The highest BCUT2D eigenvalue weighted by Gasteiger charge is 2.33. The van der Waals surface area contributed by atoms with E-state index in [1.807, 2.05) is 0 Å². The van der Waals surface area contributed by atoms with Gasteiger partial charge in [-0.2, -0.15) is 13.2 Å². The normalized spacial score (nSPS) is 11.6. The molecule has 106 valence electrons. The molecule has 1 heterocycles. The maximum Gasteiger partial charge on any atom is 0.431 e. The Bertz CT molecular complexity index is 645. The molecule has 1 aromatic carbocycles. The lowest BCUT2D eigenvalue weighted by molar-refractivity contribution is -0.144. The average Bonchev–Trinajstić information content (AvgIpc) is 2.38. The van der Waals surface area contributed by atoms with Crippen molar-refractivity contribution in [3.8, 4) is 0 Å². The van der Waals surface area contributed by atoms with Crippen molar-refractivity contribution in [2.75, 3.05) is 5.73 Å². The van der Waals surface area contributed by atoms with Crippen LogP contribution in [0.4, 0.5) is 18.9 Å². The summed E-state index contributed by atoms with van der Waals surface area (Å²) in [7, 11) is 0. The topological polar surface area (TPSA) is 48.0 Å². The number of nitrogen functional groups attached to an aromatic ring is 1. The van der Waals surface area contributed by atoms with E-state index in [4.69, 9.17) is 5.73 Å². The molecule has 20 heavy (non-hydrogen) atoms. The van der Waals surface area contributed by atoms with Gasteiger partial charge in [0.15, 0.2) is 0 Å². The first kappa shape index (κ1) is 14.2. The van der Waals surface area contributed by atoms with E-state index in [0.29, 0.717) is 12.1 Å². The van der Waals surface area contributed by atoms with Gasteiger partial charge in [0.2, 0.25) is 0 Å². The van der Waals surface area contributed by atoms with Gasteiger partial charge in [0.25, 0.3) is 5.56 Å². The zero-order valence-electron chi connectivity index (χ0n) is 10.5. The summed E-state index contributed by atoms with van der Waals surface area (Å²) in [5.41, 5.74) is 5.36. The maximum absolute atomic E-state index is 12.8. The monoisotopic (exact) mass is 282 g/mol. The first-order valence-electron chi connectivity index (χ1n) is 5.99. The quantitative estimate of drug-likeness (QED) is 0.880. The first-order valence-corrected chi connectivity index (χ1v) is 5.99. The molecule has 6 heteroatoms. The molecule has 0 fully saturated rings. The fourth-order valence-corrected chi connectivity index (χ4v) is 1.92. The Morgan fingerprint density at radius 1 is 1.05 bits per heavy atom. The summed E-state index contributed by atoms with van der Waals surface area (Å²) in [5, 5.41) is 0. The Hall–Kier alpha value is -2.24. The van der Waals surface area contributed by atoms with Crippen LogP contribution < -0.4 is 11.3 Å². The van der Waals surface area contributed by atoms with E-state index in [1.165, 1.54) is 0 Å². The Balaban J connectivity index is 2.25. The van der Waals surface area contributed by atoms with Gasteiger partial charge in [0.05, 0.1) is 0 Å². The lowest BCUT2D eigenvalue weighted by Gasteiger charge is -2.14. The average molecular weight is 282 g/mol. The van der Waals surface area contributed by atoms with Crippen LogP contribution in [0.2, 0.25) is 0 Å². The van der Waals surface area contributed by atoms with Gasteiger partial charge in [-0.25, -0.2) is 0 Å². The number of aryl methyl sites for hydroxylation is 1. The number of anilines is 1. The van der Waals surface area contributed by atoms with Gasteiger partial charge in [-0.15, -0.1) is 0 Å². The van der Waals surface area contributed by atoms with E-state index in [9.17, 15) is 18.0 Å². The predicted molar refractivity (Wildman–Crippen MR) is 70.3 cm³/mol. The zero-order valence-corrected chi connectivity index (χ0v) is 10.5. The minimum atomic E-state index is -4.54. The van der Waals surface area contributed by atoms with Gasteiger partial charge in [-0.3, -0.25) is 4.79 Å². The molecular weight excluding hydrogens is 269 g/mol. The molecule has 0 aliphatic carbocycles. The number of nitrogens with two attached hydrogens (primary N) is 1. The highest BCUT2D eigenvalue weighted by Crippen LogP contribution is 2.28. The molecule has 0 aliphatic rings. The molecular formula is C14H13F3N2O. The number of hydrogen-bond donors (Lipinski definition) is 1. The molecule has 2 N–H and O–H groups in total. The third-order valence-corrected chi connectivity index (χ3v) is 2.94. The van der Waals surface area contributed by atoms with Crippen molar-refractivity contribution in [3.63, 3.8) is 0 Å². The molecule has 1 aromatic heterocycles. The number of nitrogens with zero attached hydrogens (tertiary/aromatic N) is 1. The second-order valence-electron chi connectivity index (χ2n) is 4.39. The van der Waals surface area contributed by atoms with Crippen LogP contribution >= 0.6 is 0 Å². The second-order valence-corrected chi connectivity index (χ2v) is 4.39. The van der Waals surface area contributed by atoms with E-state index in [1.54, 1.807) is 24.3 Å². The molecule has 0 radical (unpaired) electrons. The summed E-state index contributed by atoms with van der Waals surface area (Å²) < 4.78 is 39.2. The number of rotatable bonds is 3. The molecule has 0 saturated carbocycles. The minimum Gasteiger partial charge on any atom is -0.399 e. The molecule has 0 amide bonds. The minimum absolute atomic E-state index is 0.0293. The van der Waals surface area contributed by atoms with Gasteiger partial charge >= 0.3 is 6.18 Å². The SMILES string of the molecule is Nc1ccc(CCn2c(C(F)(F)F)cccc2=O)cc1. The van der Waals surface area contributed by atoms with Crippen molar-refractivity contribution in [2.45, 2.75) is 19.1 Å². The van der Waals surface area contributed by atoms with Gasteiger partial charge in [0.1, 0.15) is 5.69 Å². The van der Waals surface area contributed by atoms with E-state index in [0.717, 1.165) is 28.3 Å². The van der Waals surface area contributed by atoms with Crippen LogP contribution in [0.25, 0.3) is 0 Å². The Kier molecular flexibility index (Phi) is 3.83. The Morgan fingerprint density at radius 2 is 1.70 bits per heavy atom. The van der Waals surface area contributed by atoms with Crippen LogP contribution in [-0.4, -0.2) is 4.57 Å². The third-order valence-electron chi connectivity index (χ3n) is 2.94. The van der Waals surface area contributed by atoms with E-state index in [-0.39, 0.29) is 6.54 Å². The fraction of sp³-hybridized carbons (Fsp3) is 0.214. The van der Waals surface area contributed by atoms with Crippen LogP contribution in [0, 0.1) is 0 Å². The van der Waals surface area contributed by atoms with Gasteiger partial charge in [0, 0.05) is 18.3 Å². The molecule has 0 unspecified atom stereocenters. The lowest BCUT2D eigenvalue weighted by atomic mass is 10.1. The number of pyridine rings is 1. The van der Waals surface area contributed by atoms with Crippen molar-refractivity contribution < 1.29 is 13.2 Å². The molecule has 2 rings (SSSR count). The summed E-state index contributed by atoms with van der Waals surface area (Å²) in [4.78, 5) is 11.6. The molecule has 0 spiro atoms. The molecule has 2 aromatic rings. The molecule has 0 atom stereocenters. The molecule has 0 aliphatic heterocycles. The number of benzene rings is 1. The number of halogens is 3. The van der Waals surface area contributed by atoms with Crippen molar-refractivity contribution >= 4 is 5.69 Å². The molecule has 0 saturated heterocycles. The summed E-state index contributed by atoms with van der Waals surface area (Å²) in [5.74, 6) is 0. The van der Waals surface area contributed by atoms with Gasteiger partial charge in [-0.1, -0.05) is 18.2 Å². The van der Waals surface area contributed by atoms with E-state index >= 15 is 0 Å². The number of aromatic nitrogens is 1. The van der Waals surface area contributed by atoms with E-state index < -0.39 is 17.4 Å². The van der Waals surface area contributed by atoms with Crippen LogP contribution in [0.15, 0.2) is 47.3 Å².